The highest BCUT2D eigenvalue weighted by atomic mass is 15.1. The Hall–Kier alpha value is -2.61. The van der Waals surface area contributed by atoms with E-state index in [1.807, 2.05) is 0 Å². The van der Waals surface area contributed by atoms with Gasteiger partial charge in [0.25, 0.3) is 0 Å². The van der Waals surface area contributed by atoms with Crippen LogP contribution in [-0.2, 0) is 6.54 Å². The first-order valence-corrected chi connectivity index (χ1v) is 9.82. The second-order valence-corrected chi connectivity index (χ2v) is 7.52. The third-order valence-electron chi connectivity index (χ3n) is 5.86. The van der Waals surface area contributed by atoms with E-state index < -0.39 is 0 Å². The van der Waals surface area contributed by atoms with Gasteiger partial charge in [0.1, 0.15) is 5.82 Å². The highest BCUT2D eigenvalue weighted by Gasteiger charge is 2.22. The van der Waals surface area contributed by atoms with Gasteiger partial charge in [0.05, 0.1) is 11.0 Å². The second-order valence-electron chi connectivity index (χ2n) is 7.52. The molecule has 0 amide bonds. The number of nitrogens with zero attached hydrogens (tertiary/aromatic N) is 2. The van der Waals surface area contributed by atoms with Crippen LogP contribution in [0.1, 0.15) is 49.4 Å². The summed E-state index contributed by atoms with van der Waals surface area (Å²) in [6.07, 6.45) is 6.60. The normalized spacial score (nSPS) is 15.7. The minimum Gasteiger partial charge on any atom is -0.323 e. The zero-order valence-electron chi connectivity index (χ0n) is 15.1. The van der Waals surface area contributed by atoms with Crippen molar-refractivity contribution in [2.75, 3.05) is 0 Å². The highest BCUT2D eigenvalue weighted by Crippen LogP contribution is 2.34. The molecular formula is C24H24N2. The number of hydrogen-bond donors (Lipinski definition) is 0. The van der Waals surface area contributed by atoms with Crippen LogP contribution < -0.4 is 0 Å². The van der Waals surface area contributed by atoms with Gasteiger partial charge in [-0.25, -0.2) is 4.98 Å². The van der Waals surface area contributed by atoms with Crippen LogP contribution in [0.4, 0.5) is 0 Å². The number of imidazole rings is 1. The van der Waals surface area contributed by atoms with Crippen molar-refractivity contribution in [3.05, 3.63) is 78.1 Å². The first kappa shape index (κ1) is 15.6. The van der Waals surface area contributed by atoms with Crippen molar-refractivity contribution in [2.45, 2.75) is 44.6 Å². The Kier molecular flexibility index (Phi) is 3.97. The lowest BCUT2D eigenvalue weighted by atomic mass is 9.88. The fraction of sp³-hybridized carbons (Fsp3) is 0.292. The molecule has 1 heterocycles. The van der Waals surface area contributed by atoms with Gasteiger partial charge in [-0.2, -0.15) is 0 Å². The number of rotatable bonds is 3. The first-order valence-electron chi connectivity index (χ1n) is 9.82. The van der Waals surface area contributed by atoms with Gasteiger partial charge in [-0.3, -0.25) is 0 Å². The van der Waals surface area contributed by atoms with Gasteiger partial charge in [-0.15, -0.1) is 0 Å². The lowest BCUT2D eigenvalue weighted by Crippen LogP contribution is -2.13. The second kappa shape index (κ2) is 6.60. The van der Waals surface area contributed by atoms with Crippen molar-refractivity contribution in [3.8, 4) is 0 Å². The average molecular weight is 340 g/mol. The molecule has 130 valence electrons. The van der Waals surface area contributed by atoms with Crippen LogP contribution in [0.25, 0.3) is 21.8 Å². The summed E-state index contributed by atoms with van der Waals surface area (Å²) in [5.41, 5.74) is 3.78. The summed E-state index contributed by atoms with van der Waals surface area (Å²) in [4.78, 5) is 5.08. The van der Waals surface area contributed by atoms with Gasteiger partial charge in [-0.1, -0.05) is 73.9 Å². The fourth-order valence-electron chi connectivity index (χ4n) is 4.53. The van der Waals surface area contributed by atoms with Gasteiger partial charge in [-0.05, 0) is 41.3 Å². The molecule has 26 heavy (non-hydrogen) atoms. The Balaban J connectivity index is 1.65. The molecule has 0 aliphatic heterocycles. The van der Waals surface area contributed by atoms with Crippen LogP contribution in [0, 0.1) is 0 Å². The van der Waals surface area contributed by atoms with Crippen LogP contribution in [-0.4, -0.2) is 9.55 Å². The molecule has 5 rings (SSSR count). The average Bonchev–Trinajstić information content (AvgIpc) is 3.08. The topological polar surface area (TPSA) is 17.8 Å². The molecule has 0 bridgehead atoms. The fourth-order valence-corrected chi connectivity index (χ4v) is 4.53. The maximum Gasteiger partial charge on any atom is 0.113 e. The zero-order valence-corrected chi connectivity index (χ0v) is 15.1. The van der Waals surface area contributed by atoms with Crippen molar-refractivity contribution in [3.63, 3.8) is 0 Å². The number of benzene rings is 3. The maximum atomic E-state index is 5.08. The summed E-state index contributed by atoms with van der Waals surface area (Å²) in [5, 5.41) is 2.66. The molecule has 0 spiro atoms. The van der Waals surface area contributed by atoms with Crippen LogP contribution in [0.15, 0.2) is 66.7 Å². The first-order chi connectivity index (χ1) is 12.9. The van der Waals surface area contributed by atoms with Gasteiger partial charge >= 0.3 is 0 Å². The third kappa shape index (κ3) is 2.70. The Morgan fingerprint density at radius 2 is 1.58 bits per heavy atom. The predicted octanol–water partition coefficient (Wildman–Crippen LogP) is 6.29. The summed E-state index contributed by atoms with van der Waals surface area (Å²) >= 11 is 0. The molecular weight excluding hydrogens is 316 g/mol. The van der Waals surface area contributed by atoms with E-state index in [-0.39, 0.29) is 0 Å². The molecule has 0 unspecified atom stereocenters. The van der Waals surface area contributed by atoms with Gasteiger partial charge in [0.2, 0.25) is 0 Å². The largest absolute Gasteiger partial charge is 0.323 e. The summed E-state index contributed by atoms with van der Waals surface area (Å²) in [7, 11) is 0. The molecule has 1 saturated carbocycles. The summed E-state index contributed by atoms with van der Waals surface area (Å²) in [5.74, 6) is 1.89. The Morgan fingerprint density at radius 1 is 0.808 bits per heavy atom. The quantitative estimate of drug-likeness (QED) is 0.429. The molecule has 1 aliphatic carbocycles. The summed E-state index contributed by atoms with van der Waals surface area (Å²) < 4.78 is 2.48. The van der Waals surface area contributed by atoms with E-state index >= 15 is 0 Å². The monoisotopic (exact) mass is 340 g/mol. The van der Waals surface area contributed by atoms with Gasteiger partial charge in [0.15, 0.2) is 0 Å². The minimum atomic E-state index is 0.603. The summed E-state index contributed by atoms with van der Waals surface area (Å²) in [6.45, 7) is 0.897. The van der Waals surface area contributed by atoms with E-state index in [0.29, 0.717) is 5.92 Å². The number of aromatic nitrogens is 2. The Bertz CT molecular complexity index is 1050. The van der Waals surface area contributed by atoms with E-state index in [9.17, 15) is 0 Å². The van der Waals surface area contributed by atoms with Crippen LogP contribution in [0.2, 0.25) is 0 Å². The zero-order chi connectivity index (χ0) is 17.3. The van der Waals surface area contributed by atoms with Gasteiger partial charge < -0.3 is 4.57 Å². The minimum absolute atomic E-state index is 0.603. The predicted molar refractivity (Wildman–Crippen MR) is 109 cm³/mol. The molecule has 1 fully saturated rings. The standard InChI is InChI=1S/C24H24N2/c1-2-10-19(11-3-1)24-25-22-15-6-7-16-23(22)26(24)17-20-13-8-12-18-9-4-5-14-21(18)20/h4-9,12-16,19H,1-3,10-11,17H2. The Labute approximate surface area is 154 Å². The molecule has 0 radical (unpaired) electrons. The summed E-state index contributed by atoms with van der Waals surface area (Å²) in [6, 6.07) is 24.0. The number of fused-ring (bicyclic) bond motifs is 2. The third-order valence-corrected chi connectivity index (χ3v) is 5.86. The van der Waals surface area contributed by atoms with Crippen LogP contribution in [0.5, 0.6) is 0 Å². The lowest BCUT2D eigenvalue weighted by Gasteiger charge is -2.22. The van der Waals surface area contributed by atoms with Crippen molar-refractivity contribution in [2.24, 2.45) is 0 Å². The van der Waals surface area contributed by atoms with E-state index in [1.54, 1.807) is 0 Å². The van der Waals surface area contributed by atoms with Crippen molar-refractivity contribution < 1.29 is 0 Å². The van der Waals surface area contributed by atoms with E-state index in [4.69, 9.17) is 4.98 Å². The molecule has 2 nitrogen and oxygen atoms in total. The smallest absolute Gasteiger partial charge is 0.113 e. The molecule has 2 heteroatoms. The Morgan fingerprint density at radius 3 is 2.50 bits per heavy atom. The molecule has 0 atom stereocenters. The SMILES string of the molecule is c1ccc2c(Cn3c(C4CCCCC4)nc4ccccc43)cccc2c1. The molecule has 1 aromatic heterocycles. The lowest BCUT2D eigenvalue weighted by molar-refractivity contribution is 0.420. The molecule has 1 aliphatic rings. The highest BCUT2D eigenvalue weighted by molar-refractivity contribution is 5.86. The number of hydrogen-bond acceptors (Lipinski definition) is 1. The van der Waals surface area contributed by atoms with E-state index in [0.717, 1.165) is 12.1 Å². The van der Waals surface area contributed by atoms with Crippen LogP contribution >= 0.6 is 0 Å². The molecule has 0 saturated heterocycles. The van der Waals surface area contributed by atoms with Crippen molar-refractivity contribution >= 4 is 21.8 Å². The number of para-hydroxylation sites is 2. The molecule has 4 aromatic rings. The van der Waals surface area contributed by atoms with Crippen LogP contribution in [0.3, 0.4) is 0 Å². The van der Waals surface area contributed by atoms with E-state index in [2.05, 4.69) is 71.3 Å². The van der Waals surface area contributed by atoms with E-state index in [1.165, 1.54) is 59.8 Å². The molecule has 3 aromatic carbocycles. The van der Waals surface area contributed by atoms with Crippen molar-refractivity contribution in [1.82, 2.24) is 9.55 Å². The molecule has 0 N–H and O–H groups in total. The van der Waals surface area contributed by atoms with Crippen molar-refractivity contribution in [1.29, 1.82) is 0 Å². The van der Waals surface area contributed by atoms with Gasteiger partial charge in [0, 0.05) is 12.5 Å². The maximum absolute atomic E-state index is 5.08.